The Balaban J connectivity index is 2.46. The predicted octanol–water partition coefficient (Wildman–Crippen LogP) is 2.16. The van der Waals surface area contributed by atoms with Crippen molar-refractivity contribution in [2.24, 2.45) is 4.99 Å². The molecular formula is C11H10ClNO2. The third kappa shape index (κ3) is 1.88. The van der Waals surface area contributed by atoms with Gasteiger partial charge in [0.15, 0.2) is 6.04 Å². The number of fused-ring (bicyclic) bond motifs is 1. The molecule has 1 aliphatic heterocycles. The average molecular weight is 224 g/mol. The van der Waals surface area contributed by atoms with E-state index in [1.807, 2.05) is 19.1 Å². The Labute approximate surface area is 92.4 Å². The van der Waals surface area contributed by atoms with Crippen molar-refractivity contribution in [1.82, 2.24) is 0 Å². The highest BCUT2D eigenvalue weighted by Gasteiger charge is 2.23. The van der Waals surface area contributed by atoms with E-state index in [-0.39, 0.29) is 0 Å². The molecule has 1 aromatic carbocycles. The quantitative estimate of drug-likeness (QED) is 0.793. The van der Waals surface area contributed by atoms with Crippen molar-refractivity contribution in [2.75, 3.05) is 0 Å². The molecule has 78 valence electrons. The van der Waals surface area contributed by atoms with Gasteiger partial charge in [-0.25, -0.2) is 4.79 Å². The molecule has 0 aliphatic carbocycles. The molecule has 0 amide bonds. The van der Waals surface area contributed by atoms with E-state index in [9.17, 15) is 4.79 Å². The van der Waals surface area contributed by atoms with Crippen LogP contribution in [0.4, 0.5) is 0 Å². The zero-order valence-corrected chi connectivity index (χ0v) is 8.95. The van der Waals surface area contributed by atoms with Gasteiger partial charge in [-0.3, -0.25) is 4.99 Å². The van der Waals surface area contributed by atoms with Crippen LogP contribution in [0.25, 0.3) is 0 Å². The van der Waals surface area contributed by atoms with E-state index in [0.29, 0.717) is 11.4 Å². The molecule has 0 radical (unpaired) electrons. The number of hydrogen-bond acceptors (Lipinski definition) is 2. The molecule has 0 spiro atoms. The average Bonchev–Trinajstić information content (AvgIpc) is 2.18. The van der Waals surface area contributed by atoms with Crippen LogP contribution in [0.1, 0.15) is 18.1 Å². The highest BCUT2D eigenvalue weighted by molar-refractivity contribution is 6.31. The van der Waals surface area contributed by atoms with E-state index in [4.69, 9.17) is 16.7 Å². The topological polar surface area (TPSA) is 49.7 Å². The van der Waals surface area contributed by atoms with E-state index < -0.39 is 12.0 Å². The van der Waals surface area contributed by atoms with Crippen LogP contribution in [0.2, 0.25) is 5.02 Å². The summed E-state index contributed by atoms with van der Waals surface area (Å²) in [5, 5.41) is 9.55. The molecule has 1 aliphatic rings. The fraction of sp³-hybridized carbons (Fsp3) is 0.273. The molecule has 4 heteroatoms. The molecule has 1 unspecified atom stereocenters. The highest BCUT2D eigenvalue weighted by Crippen LogP contribution is 2.23. The van der Waals surface area contributed by atoms with Gasteiger partial charge in [0, 0.05) is 17.2 Å². The van der Waals surface area contributed by atoms with Crippen LogP contribution in [0, 0.1) is 0 Å². The minimum atomic E-state index is -0.880. The molecule has 0 fully saturated rings. The number of hydrogen-bond donors (Lipinski definition) is 1. The normalized spacial score (nSPS) is 19.3. The van der Waals surface area contributed by atoms with Gasteiger partial charge < -0.3 is 5.11 Å². The highest BCUT2D eigenvalue weighted by atomic mass is 35.5. The van der Waals surface area contributed by atoms with Gasteiger partial charge in [-0.1, -0.05) is 17.7 Å². The number of aliphatic carboxylic acids is 1. The van der Waals surface area contributed by atoms with Crippen LogP contribution in [-0.4, -0.2) is 22.8 Å². The predicted molar refractivity (Wildman–Crippen MR) is 58.8 cm³/mol. The summed E-state index contributed by atoms with van der Waals surface area (Å²) in [5.74, 6) is -0.880. The van der Waals surface area contributed by atoms with Gasteiger partial charge in [0.25, 0.3) is 0 Å². The number of aliphatic imine (C=N–C) groups is 1. The summed E-state index contributed by atoms with van der Waals surface area (Å²) in [6.07, 6.45) is 0.444. The lowest BCUT2D eigenvalue weighted by Crippen LogP contribution is -2.26. The molecule has 1 aromatic rings. The molecule has 0 saturated heterocycles. The Kier molecular flexibility index (Phi) is 2.49. The minimum absolute atomic E-state index is 0.444. The van der Waals surface area contributed by atoms with Crippen molar-refractivity contribution >= 4 is 23.3 Å². The fourth-order valence-corrected chi connectivity index (χ4v) is 1.94. The summed E-state index contributed by atoms with van der Waals surface area (Å²) in [5.41, 5.74) is 2.70. The second-order valence-electron chi connectivity index (χ2n) is 3.57. The van der Waals surface area contributed by atoms with Gasteiger partial charge in [-0.05, 0) is 30.2 Å². The Morgan fingerprint density at radius 1 is 1.60 bits per heavy atom. The van der Waals surface area contributed by atoms with Crippen molar-refractivity contribution in [2.45, 2.75) is 19.4 Å². The number of halogens is 1. The third-order valence-corrected chi connectivity index (χ3v) is 2.74. The smallest absolute Gasteiger partial charge is 0.328 e. The van der Waals surface area contributed by atoms with Gasteiger partial charge in [0.1, 0.15) is 0 Å². The molecule has 0 saturated carbocycles. The van der Waals surface area contributed by atoms with E-state index in [1.54, 1.807) is 6.07 Å². The van der Waals surface area contributed by atoms with Crippen molar-refractivity contribution in [3.63, 3.8) is 0 Å². The van der Waals surface area contributed by atoms with Crippen molar-refractivity contribution < 1.29 is 9.90 Å². The van der Waals surface area contributed by atoms with Crippen LogP contribution in [0.5, 0.6) is 0 Å². The van der Waals surface area contributed by atoms with Crippen molar-refractivity contribution in [3.8, 4) is 0 Å². The van der Waals surface area contributed by atoms with Crippen LogP contribution >= 0.6 is 11.6 Å². The summed E-state index contributed by atoms with van der Waals surface area (Å²) in [4.78, 5) is 15.0. The zero-order chi connectivity index (χ0) is 11.0. The lowest BCUT2D eigenvalue weighted by Gasteiger charge is -2.19. The fourth-order valence-electron chi connectivity index (χ4n) is 1.76. The summed E-state index contributed by atoms with van der Waals surface area (Å²) in [6, 6.07) is 4.82. The maximum absolute atomic E-state index is 10.8. The van der Waals surface area contributed by atoms with E-state index in [1.165, 1.54) is 0 Å². The Morgan fingerprint density at radius 3 is 3.00 bits per heavy atom. The van der Waals surface area contributed by atoms with Crippen molar-refractivity contribution in [1.29, 1.82) is 0 Å². The van der Waals surface area contributed by atoms with Crippen LogP contribution < -0.4 is 0 Å². The lowest BCUT2D eigenvalue weighted by atomic mass is 9.94. The zero-order valence-electron chi connectivity index (χ0n) is 8.20. The molecule has 2 rings (SSSR count). The Hall–Kier alpha value is -1.35. The largest absolute Gasteiger partial charge is 0.480 e. The van der Waals surface area contributed by atoms with Crippen LogP contribution in [0.15, 0.2) is 23.2 Å². The number of carboxylic acid groups (broad SMARTS) is 1. The van der Waals surface area contributed by atoms with E-state index >= 15 is 0 Å². The third-order valence-electron chi connectivity index (χ3n) is 2.51. The lowest BCUT2D eigenvalue weighted by molar-refractivity contribution is -0.138. The number of carboxylic acids is 1. The van der Waals surface area contributed by atoms with Gasteiger partial charge in [0.2, 0.25) is 0 Å². The first-order valence-corrected chi connectivity index (χ1v) is 5.01. The molecule has 1 heterocycles. The molecule has 15 heavy (non-hydrogen) atoms. The second-order valence-corrected chi connectivity index (χ2v) is 4.01. The van der Waals surface area contributed by atoms with Crippen molar-refractivity contribution in [3.05, 3.63) is 34.3 Å². The standard InChI is InChI=1S/C11H10ClNO2/c1-6-9-5-8(12)3-2-7(9)4-10(13-6)11(14)15/h2-3,5,10H,4H2,1H3,(H,14,15). The SMILES string of the molecule is CC1=NC(C(=O)O)Cc2ccc(Cl)cc21. The first-order valence-electron chi connectivity index (χ1n) is 4.64. The molecule has 1 atom stereocenters. The molecule has 1 N–H and O–H groups in total. The number of carbonyl (C=O) groups is 1. The number of benzene rings is 1. The second kappa shape index (κ2) is 3.66. The monoisotopic (exact) mass is 223 g/mol. The first-order chi connectivity index (χ1) is 7.08. The molecule has 0 aromatic heterocycles. The van der Waals surface area contributed by atoms with E-state index in [2.05, 4.69) is 4.99 Å². The Morgan fingerprint density at radius 2 is 2.33 bits per heavy atom. The van der Waals surface area contributed by atoms with Crippen LogP contribution in [-0.2, 0) is 11.2 Å². The summed E-state index contributed by atoms with van der Waals surface area (Å²) >= 11 is 5.87. The molecule has 0 bridgehead atoms. The molecular weight excluding hydrogens is 214 g/mol. The maximum atomic E-state index is 10.8. The van der Waals surface area contributed by atoms with Crippen LogP contribution in [0.3, 0.4) is 0 Å². The maximum Gasteiger partial charge on any atom is 0.328 e. The first kappa shape index (κ1) is 10.2. The molecule has 3 nitrogen and oxygen atoms in total. The van der Waals surface area contributed by atoms with Gasteiger partial charge in [-0.15, -0.1) is 0 Å². The minimum Gasteiger partial charge on any atom is -0.480 e. The van der Waals surface area contributed by atoms with Gasteiger partial charge in [0.05, 0.1) is 0 Å². The van der Waals surface area contributed by atoms with E-state index in [0.717, 1.165) is 16.8 Å². The summed E-state index contributed by atoms with van der Waals surface area (Å²) in [7, 11) is 0. The summed E-state index contributed by atoms with van der Waals surface area (Å²) in [6.45, 7) is 1.81. The van der Waals surface area contributed by atoms with Gasteiger partial charge >= 0.3 is 5.97 Å². The summed E-state index contributed by atoms with van der Waals surface area (Å²) < 4.78 is 0. The number of rotatable bonds is 1. The van der Waals surface area contributed by atoms with Gasteiger partial charge in [-0.2, -0.15) is 0 Å². The Bertz CT molecular complexity index is 454. The number of nitrogens with zero attached hydrogens (tertiary/aromatic N) is 1.